The van der Waals surface area contributed by atoms with Gasteiger partial charge in [-0.1, -0.05) is 35.0 Å². The van der Waals surface area contributed by atoms with E-state index in [0.29, 0.717) is 30.8 Å². The fourth-order valence-corrected chi connectivity index (χ4v) is 5.76. The first-order valence-electron chi connectivity index (χ1n) is 12.7. The first kappa shape index (κ1) is 25.0. The summed E-state index contributed by atoms with van der Waals surface area (Å²) in [6.45, 7) is 8.74. The van der Waals surface area contributed by atoms with Crippen molar-refractivity contribution in [2.45, 2.75) is 64.9 Å². The number of fused-ring (bicyclic) bond motifs is 1. The number of likely N-dealkylation sites (tertiary alicyclic amines) is 1. The fraction of sp³-hybridized carbons (Fsp3) is 0.448. The van der Waals surface area contributed by atoms with Crippen LogP contribution in [0.25, 0.3) is 16.5 Å². The highest BCUT2D eigenvalue weighted by molar-refractivity contribution is 9.10. The van der Waals surface area contributed by atoms with Gasteiger partial charge in [0.1, 0.15) is 11.4 Å². The zero-order chi connectivity index (χ0) is 25.8. The molecule has 5 nitrogen and oxygen atoms in total. The Kier molecular flexibility index (Phi) is 6.48. The molecule has 1 aliphatic heterocycles. The summed E-state index contributed by atoms with van der Waals surface area (Å²) in [5.41, 5.74) is 2.70. The number of hydrogen-bond acceptors (Lipinski definition) is 3. The molecular formula is C29H32BrFN2O3. The third-order valence-electron chi connectivity index (χ3n) is 7.01. The lowest BCUT2D eigenvalue weighted by atomic mass is 9.93. The molecule has 0 unspecified atom stereocenters. The molecular weight excluding hydrogens is 523 g/mol. The molecule has 0 radical (unpaired) electrons. The molecule has 36 heavy (non-hydrogen) atoms. The quantitative estimate of drug-likeness (QED) is 0.351. The molecule has 1 aromatic heterocycles. The largest absolute Gasteiger partial charge is 0.444 e. The Labute approximate surface area is 219 Å². The van der Waals surface area contributed by atoms with Gasteiger partial charge in [0, 0.05) is 23.3 Å². The van der Waals surface area contributed by atoms with Crippen LogP contribution in [0.3, 0.4) is 0 Å². The smallest absolute Gasteiger partial charge is 0.410 e. The Morgan fingerprint density at radius 2 is 1.89 bits per heavy atom. The minimum absolute atomic E-state index is 0.133. The summed E-state index contributed by atoms with van der Waals surface area (Å²) in [6.07, 6.45) is 3.14. The van der Waals surface area contributed by atoms with E-state index in [-0.39, 0.29) is 23.0 Å². The molecule has 0 bridgehead atoms. The van der Waals surface area contributed by atoms with Crippen molar-refractivity contribution in [3.05, 3.63) is 73.9 Å². The summed E-state index contributed by atoms with van der Waals surface area (Å²) in [6, 6.07) is 11.3. The van der Waals surface area contributed by atoms with Gasteiger partial charge < -0.3 is 9.64 Å². The number of hydrogen-bond donors (Lipinski definition) is 0. The summed E-state index contributed by atoms with van der Waals surface area (Å²) in [4.78, 5) is 28.0. The summed E-state index contributed by atoms with van der Waals surface area (Å²) < 4.78 is 23.4. The van der Waals surface area contributed by atoms with Gasteiger partial charge in [-0.3, -0.25) is 9.36 Å². The Morgan fingerprint density at radius 1 is 1.17 bits per heavy atom. The Balaban J connectivity index is 1.56. The van der Waals surface area contributed by atoms with E-state index in [0.717, 1.165) is 46.2 Å². The predicted molar refractivity (Wildman–Crippen MR) is 144 cm³/mol. The number of benzene rings is 2. The standard InChI is InChI=1S/C29H32BrFN2O3/c1-5-22-23(30)7-6-8-25(22)33-21(11-17-15-32(16-17)28(35)36-29(2,3)4)13-20-12-19(18-9-10-18)14-24(31)26(20)27(33)34/h6-8,12-14,17-18H,5,9-11,15-16H2,1-4H3. The molecule has 0 N–H and O–H groups in total. The average molecular weight is 555 g/mol. The normalized spacial score (nSPS) is 16.3. The maximum atomic E-state index is 15.3. The first-order valence-corrected chi connectivity index (χ1v) is 13.5. The fourth-order valence-electron chi connectivity index (χ4n) is 5.12. The van der Waals surface area contributed by atoms with Crippen LogP contribution in [0, 0.1) is 11.7 Å². The Bertz CT molecular complexity index is 1400. The van der Waals surface area contributed by atoms with Crippen molar-refractivity contribution in [3.8, 4) is 5.69 Å². The van der Waals surface area contributed by atoms with Gasteiger partial charge in [0.15, 0.2) is 0 Å². The minimum Gasteiger partial charge on any atom is -0.444 e. The first-order chi connectivity index (χ1) is 17.1. The average Bonchev–Trinajstić information content (AvgIpc) is 3.59. The lowest BCUT2D eigenvalue weighted by Gasteiger charge is -2.40. The molecule has 2 heterocycles. The molecule has 2 aliphatic rings. The number of aromatic nitrogens is 1. The van der Waals surface area contributed by atoms with Crippen LogP contribution in [0.1, 0.15) is 63.3 Å². The van der Waals surface area contributed by atoms with Crippen LogP contribution in [-0.2, 0) is 17.6 Å². The van der Waals surface area contributed by atoms with Crippen LogP contribution >= 0.6 is 15.9 Å². The Morgan fingerprint density at radius 3 is 2.53 bits per heavy atom. The van der Waals surface area contributed by atoms with E-state index >= 15 is 4.39 Å². The molecule has 190 valence electrons. The zero-order valence-electron chi connectivity index (χ0n) is 21.2. The van der Waals surface area contributed by atoms with Crippen LogP contribution in [0.5, 0.6) is 0 Å². The molecule has 1 saturated heterocycles. The van der Waals surface area contributed by atoms with Gasteiger partial charge in [-0.15, -0.1) is 0 Å². The van der Waals surface area contributed by atoms with Gasteiger partial charge in [-0.25, -0.2) is 9.18 Å². The topological polar surface area (TPSA) is 51.5 Å². The van der Waals surface area contributed by atoms with Crippen LogP contribution < -0.4 is 5.56 Å². The number of rotatable bonds is 5. The van der Waals surface area contributed by atoms with Gasteiger partial charge in [0.25, 0.3) is 5.56 Å². The molecule has 1 saturated carbocycles. The molecule has 1 aliphatic carbocycles. The lowest BCUT2D eigenvalue weighted by Crippen LogP contribution is -2.52. The van der Waals surface area contributed by atoms with E-state index in [1.807, 2.05) is 58.0 Å². The number of halogens is 2. The third-order valence-corrected chi connectivity index (χ3v) is 7.76. The number of ether oxygens (including phenoxy) is 1. The van der Waals surface area contributed by atoms with Gasteiger partial charge in [0.05, 0.1) is 11.1 Å². The monoisotopic (exact) mass is 554 g/mol. The predicted octanol–water partition coefficient (Wildman–Crippen LogP) is 6.74. The van der Waals surface area contributed by atoms with E-state index < -0.39 is 11.4 Å². The molecule has 0 atom stereocenters. The zero-order valence-corrected chi connectivity index (χ0v) is 22.8. The SMILES string of the molecule is CCc1c(Br)cccc1-n1c(CC2CN(C(=O)OC(C)(C)C)C2)cc2cc(C3CC3)cc(F)c2c1=O. The number of amides is 1. The van der Waals surface area contributed by atoms with Crippen LogP contribution in [-0.4, -0.2) is 34.3 Å². The van der Waals surface area contributed by atoms with E-state index in [4.69, 9.17) is 4.74 Å². The van der Waals surface area contributed by atoms with Crippen molar-refractivity contribution in [2.75, 3.05) is 13.1 Å². The van der Waals surface area contributed by atoms with Gasteiger partial charge in [0.2, 0.25) is 0 Å². The molecule has 5 rings (SSSR count). The lowest BCUT2D eigenvalue weighted by molar-refractivity contribution is -0.00107. The van der Waals surface area contributed by atoms with Gasteiger partial charge in [-0.2, -0.15) is 0 Å². The molecule has 0 spiro atoms. The second-order valence-electron chi connectivity index (χ2n) is 11.1. The van der Waals surface area contributed by atoms with Crippen molar-refractivity contribution in [1.29, 1.82) is 0 Å². The summed E-state index contributed by atoms with van der Waals surface area (Å²) >= 11 is 3.63. The maximum absolute atomic E-state index is 15.3. The second kappa shape index (κ2) is 9.33. The van der Waals surface area contributed by atoms with Gasteiger partial charge in [-0.05, 0) is 99.1 Å². The number of pyridine rings is 1. The molecule has 1 amide bonds. The number of nitrogens with zero attached hydrogens (tertiary/aromatic N) is 2. The van der Waals surface area contributed by atoms with Crippen molar-refractivity contribution in [2.24, 2.45) is 5.92 Å². The highest BCUT2D eigenvalue weighted by atomic mass is 79.9. The highest BCUT2D eigenvalue weighted by Gasteiger charge is 2.35. The van der Waals surface area contributed by atoms with E-state index in [2.05, 4.69) is 15.9 Å². The van der Waals surface area contributed by atoms with Crippen LogP contribution in [0.2, 0.25) is 0 Å². The summed E-state index contributed by atoms with van der Waals surface area (Å²) in [5.74, 6) is 0.127. The highest BCUT2D eigenvalue weighted by Crippen LogP contribution is 2.41. The maximum Gasteiger partial charge on any atom is 0.410 e. The number of carbonyl (C=O) groups excluding carboxylic acids is 1. The second-order valence-corrected chi connectivity index (χ2v) is 11.9. The van der Waals surface area contributed by atoms with E-state index in [1.54, 1.807) is 9.47 Å². The Hall–Kier alpha value is -2.67. The van der Waals surface area contributed by atoms with Crippen LogP contribution in [0.15, 0.2) is 45.7 Å². The summed E-state index contributed by atoms with van der Waals surface area (Å²) in [5, 5.41) is 0.790. The number of carbonyl (C=O) groups is 1. The van der Waals surface area contributed by atoms with Crippen molar-refractivity contribution >= 4 is 32.8 Å². The summed E-state index contributed by atoms with van der Waals surface area (Å²) in [7, 11) is 0. The molecule has 2 fully saturated rings. The van der Waals surface area contributed by atoms with E-state index in [1.165, 1.54) is 6.07 Å². The minimum atomic E-state index is -0.540. The molecule has 7 heteroatoms. The van der Waals surface area contributed by atoms with Crippen molar-refractivity contribution < 1.29 is 13.9 Å². The molecule has 3 aromatic rings. The van der Waals surface area contributed by atoms with E-state index in [9.17, 15) is 9.59 Å². The van der Waals surface area contributed by atoms with Crippen LogP contribution in [0.4, 0.5) is 9.18 Å². The molecule has 2 aromatic carbocycles. The van der Waals surface area contributed by atoms with Gasteiger partial charge >= 0.3 is 6.09 Å². The van der Waals surface area contributed by atoms with Crippen molar-refractivity contribution in [3.63, 3.8) is 0 Å². The third kappa shape index (κ3) is 4.82. The van der Waals surface area contributed by atoms with Crippen molar-refractivity contribution in [1.82, 2.24) is 9.47 Å².